The van der Waals surface area contributed by atoms with Crippen LogP contribution in [0.3, 0.4) is 0 Å². The van der Waals surface area contributed by atoms with Gasteiger partial charge in [0.15, 0.2) is 0 Å². The second kappa shape index (κ2) is 9.45. The summed E-state index contributed by atoms with van der Waals surface area (Å²) in [5.41, 5.74) is 0.355. The van der Waals surface area contributed by atoms with Gasteiger partial charge in [-0.05, 0) is 61.6 Å². The molecule has 1 saturated heterocycles. The van der Waals surface area contributed by atoms with Gasteiger partial charge in [-0.3, -0.25) is 4.79 Å². The fourth-order valence-electron chi connectivity index (χ4n) is 3.30. The van der Waals surface area contributed by atoms with Crippen LogP contribution in [0.25, 0.3) is 0 Å². The monoisotopic (exact) mass is 405 g/mol. The fraction of sp³-hybridized carbons (Fsp3) is 0.333. The van der Waals surface area contributed by atoms with Crippen molar-refractivity contribution in [3.05, 3.63) is 65.5 Å². The Morgan fingerprint density at radius 3 is 2.28 bits per heavy atom. The summed E-state index contributed by atoms with van der Waals surface area (Å²) in [7, 11) is 0. The maximum absolute atomic E-state index is 13.7. The quantitative estimate of drug-likeness (QED) is 0.785. The van der Waals surface area contributed by atoms with E-state index >= 15 is 0 Å². The van der Waals surface area contributed by atoms with Crippen molar-refractivity contribution in [3.8, 4) is 0 Å². The van der Waals surface area contributed by atoms with Crippen molar-refractivity contribution in [1.82, 2.24) is 10.2 Å². The van der Waals surface area contributed by atoms with Gasteiger partial charge in [0, 0.05) is 31.3 Å². The molecule has 2 N–H and O–H groups in total. The molecule has 0 atom stereocenters. The van der Waals surface area contributed by atoms with Crippen molar-refractivity contribution in [2.45, 2.75) is 19.3 Å². The minimum Gasteiger partial charge on any atom is -0.352 e. The van der Waals surface area contributed by atoms with Gasteiger partial charge in [0.05, 0.1) is 5.69 Å². The summed E-state index contributed by atoms with van der Waals surface area (Å²) in [6.07, 6.45) is 2.31. The average molecular weight is 405 g/mol. The Hall–Kier alpha value is -3.03. The second-order valence-corrected chi connectivity index (χ2v) is 7.04. The highest BCUT2D eigenvalue weighted by Gasteiger charge is 2.23. The zero-order valence-electron chi connectivity index (χ0n) is 15.8. The van der Waals surface area contributed by atoms with E-state index in [4.69, 9.17) is 0 Å². The van der Waals surface area contributed by atoms with Gasteiger partial charge in [-0.1, -0.05) is 0 Å². The number of anilines is 1. The predicted molar refractivity (Wildman–Crippen MR) is 103 cm³/mol. The minimum absolute atomic E-state index is 0.0537. The Bertz CT molecular complexity index is 866. The van der Waals surface area contributed by atoms with Crippen molar-refractivity contribution in [2.75, 3.05) is 25.0 Å². The van der Waals surface area contributed by atoms with E-state index in [1.54, 1.807) is 4.90 Å². The molecule has 0 aliphatic carbocycles. The van der Waals surface area contributed by atoms with E-state index in [1.165, 1.54) is 30.3 Å². The first-order valence-electron chi connectivity index (χ1n) is 9.47. The molecule has 1 fully saturated rings. The van der Waals surface area contributed by atoms with Crippen molar-refractivity contribution in [1.29, 1.82) is 0 Å². The summed E-state index contributed by atoms with van der Waals surface area (Å²) in [5.74, 6) is -1.80. The number of benzene rings is 2. The van der Waals surface area contributed by atoms with Gasteiger partial charge in [0.2, 0.25) is 0 Å². The first-order valence-corrected chi connectivity index (χ1v) is 9.47. The number of piperidine rings is 1. The second-order valence-electron chi connectivity index (χ2n) is 7.04. The van der Waals surface area contributed by atoms with Crippen molar-refractivity contribution < 1.29 is 22.8 Å². The molecule has 5 nitrogen and oxygen atoms in total. The number of likely N-dealkylation sites (tertiary alicyclic amines) is 1. The van der Waals surface area contributed by atoms with E-state index in [2.05, 4.69) is 10.6 Å². The lowest BCUT2D eigenvalue weighted by atomic mass is 9.93. The Kier molecular flexibility index (Phi) is 6.74. The Labute approximate surface area is 166 Å². The number of hydrogen-bond donors (Lipinski definition) is 2. The Morgan fingerprint density at radius 1 is 0.966 bits per heavy atom. The maximum atomic E-state index is 13.7. The third-order valence-electron chi connectivity index (χ3n) is 5.02. The molecule has 154 valence electrons. The molecule has 0 unspecified atom stereocenters. The standard InChI is InChI=1S/C21H22F3N3O2/c22-16-3-1-15(2-4-16)20(28)25-10-7-14-8-11-27(12-9-14)21(29)26-19-6-5-17(23)13-18(19)24/h1-6,13-14H,7-12H2,(H,25,28)(H,26,29). The molecule has 2 aromatic carbocycles. The van der Waals surface area contributed by atoms with E-state index in [0.29, 0.717) is 31.1 Å². The van der Waals surface area contributed by atoms with Gasteiger partial charge < -0.3 is 15.5 Å². The van der Waals surface area contributed by atoms with Crippen LogP contribution >= 0.6 is 0 Å². The van der Waals surface area contributed by atoms with Crippen molar-refractivity contribution in [3.63, 3.8) is 0 Å². The largest absolute Gasteiger partial charge is 0.352 e. The molecule has 3 amide bonds. The van der Waals surface area contributed by atoms with E-state index in [-0.39, 0.29) is 17.4 Å². The first kappa shape index (κ1) is 20.7. The lowest BCUT2D eigenvalue weighted by Crippen LogP contribution is -2.41. The summed E-state index contributed by atoms with van der Waals surface area (Å²) in [6.45, 7) is 1.53. The number of rotatable bonds is 5. The summed E-state index contributed by atoms with van der Waals surface area (Å²) >= 11 is 0. The van der Waals surface area contributed by atoms with Crippen LogP contribution in [0.2, 0.25) is 0 Å². The number of nitrogens with zero attached hydrogens (tertiary/aromatic N) is 1. The summed E-state index contributed by atoms with van der Waals surface area (Å²) < 4.78 is 39.5. The van der Waals surface area contributed by atoms with E-state index in [0.717, 1.165) is 31.4 Å². The highest BCUT2D eigenvalue weighted by Crippen LogP contribution is 2.22. The predicted octanol–water partition coefficient (Wildman–Crippen LogP) is 4.17. The van der Waals surface area contributed by atoms with Crippen LogP contribution in [0.1, 0.15) is 29.6 Å². The average Bonchev–Trinajstić information content (AvgIpc) is 2.71. The summed E-state index contributed by atoms with van der Waals surface area (Å²) in [4.78, 5) is 25.9. The number of hydrogen-bond acceptors (Lipinski definition) is 2. The van der Waals surface area contributed by atoms with E-state index in [1.807, 2.05) is 0 Å². The molecule has 3 rings (SSSR count). The van der Waals surface area contributed by atoms with Gasteiger partial charge in [-0.25, -0.2) is 18.0 Å². The van der Waals surface area contributed by atoms with Gasteiger partial charge >= 0.3 is 6.03 Å². The molecule has 0 spiro atoms. The van der Waals surface area contributed by atoms with Crippen LogP contribution in [0.15, 0.2) is 42.5 Å². The highest BCUT2D eigenvalue weighted by molar-refractivity contribution is 5.94. The fourth-order valence-corrected chi connectivity index (χ4v) is 3.30. The molecule has 0 aromatic heterocycles. The smallest absolute Gasteiger partial charge is 0.321 e. The Morgan fingerprint density at radius 2 is 1.62 bits per heavy atom. The van der Waals surface area contributed by atoms with Gasteiger partial charge in [-0.15, -0.1) is 0 Å². The third-order valence-corrected chi connectivity index (χ3v) is 5.02. The number of carbonyl (C=O) groups excluding carboxylic acids is 2. The van der Waals surface area contributed by atoms with Crippen LogP contribution in [-0.4, -0.2) is 36.5 Å². The van der Waals surface area contributed by atoms with Crippen molar-refractivity contribution >= 4 is 17.6 Å². The lowest BCUT2D eigenvalue weighted by molar-refractivity contribution is 0.0949. The number of carbonyl (C=O) groups is 2. The molecular formula is C21H22F3N3O2. The molecule has 0 bridgehead atoms. The van der Waals surface area contributed by atoms with E-state index < -0.39 is 17.7 Å². The maximum Gasteiger partial charge on any atom is 0.321 e. The minimum atomic E-state index is -0.815. The van der Waals surface area contributed by atoms with E-state index in [9.17, 15) is 22.8 Å². The first-order chi connectivity index (χ1) is 13.9. The molecule has 2 aromatic rings. The molecule has 29 heavy (non-hydrogen) atoms. The van der Waals surface area contributed by atoms with Gasteiger partial charge in [0.1, 0.15) is 17.5 Å². The number of urea groups is 1. The zero-order chi connectivity index (χ0) is 20.8. The lowest BCUT2D eigenvalue weighted by Gasteiger charge is -2.32. The molecule has 0 saturated carbocycles. The van der Waals surface area contributed by atoms with Crippen LogP contribution in [0, 0.1) is 23.4 Å². The third kappa shape index (κ3) is 5.73. The molecule has 0 radical (unpaired) electrons. The number of nitrogens with one attached hydrogen (secondary N) is 2. The molecule has 8 heteroatoms. The molecule has 1 heterocycles. The normalized spacial score (nSPS) is 14.5. The summed E-state index contributed by atoms with van der Waals surface area (Å²) in [5, 5.41) is 5.28. The Balaban J connectivity index is 1.39. The molecule has 1 aliphatic rings. The zero-order valence-corrected chi connectivity index (χ0v) is 15.8. The number of amides is 3. The van der Waals surface area contributed by atoms with Crippen LogP contribution in [-0.2, 0) is 0 Å². The SMILES string of the molecule is O=C(NCCC1CCN(C(=O)Nc2ccc(F)cc2F)CC1)c1ccc(F)cc1. The molecule has 1 aliphatic heterocycles. The van der Waals surface area contributed by atoms with Gasteiger partial charge in [-0.2, -0.15) is 0 Å². The summed E-state index contributed by atoms with van der Waals surface area (Å²) in [6, 6.07) is 7.95. The van der Waals surface area contributed by atoms with Crippen LogP contribution in [0.5, 0.6) is 0 Å². The topological polar surface area (TPSA) is 61.4 Å². The molecular weight excluding hydrogens is 383 g/mol. The highest BCUT2D eigenvalue weighted by atomic mass is 19.1. The van der Waals surface area contributed by atoms with Gasteiger partial charge in [0.25, 0.3) is 5.91 Å². The van der Waals surface area contributed by atoms with Crippen LogP contribution in [0.4, 0.5) is 23.7 Å². The number of halogens is 3. The van der Waals surface area contributed by atoms with Crippen LogP contribution < -0.4 is 10.6 Å². The van der Waals surface area contributed by atoms with Crippen molar-refractivity contribution in [2.24, 2.45) is 5.92 Å².